The minimum absolute atomic E-state index is 0.224. The van der Waals surface area contributed by atoms with Gasteiger partial charge in [0, 0.05) is 16.3 Å². The van der Waals surface area contributed by atoms with Crippen LogP contribution in [0.1, 0.15) is 49.1 Å². The average Bonchev–Trinajstić information content (AvgIpc) is 3.04. The number of nitrogens with one attached hydrogen (secondary N) is 2. The minimum atomic E-state index is -0.484. The molecule has 0 aliphatic carbocycles. The Morgan fingerprint density at radius 3 is 2.78 bits per heavy atom. The molecule has 1 aliphatic rings. The molecule has 0 fully saturated rings. The van der Waals surface area contributed by atoms with Crippen molar-refractivity contribution < 1.29 is 9.53 Å². The number of esters is 1. The van der Waals surface area contributed by atoms with Gasteiger partial charge in [0.15, 0.2) is 5.16 Å². The van der Waals surface area contributed by atoms with Crippen LogP contribution in [0.25, 0.3) is 0 Å². The van der Waals surface area contributed by atoms with Crippen LogP contribution in [0.5, 0.6) is 0 Å². The molecule has 0 saturated carbocycles. The lowest BCUT2D eigenvalue weighted by atomic mass is 9.85. The molecule has 0 radical (unpaired) electrons. The van der Waals surface area contributed by atoms with Crippen molar-refractivity contribution in [2.24, 2.45) is 0 Å². The summed E-state index contributed by atoms with van der Waals surface area (Å²) in [4.78, 5) is 34.1. The lowest BCUT2D eigenvalue weighted by molar-refractivity contribution is -0.138. The predicted octanol–water partition coefficient (Wildman–Crippen LogP) is 4.04. The zero-order valence-corrected chi connectivity index (χ0v) is 17.5. The molecular weight excluding hydrogens is 382 g/mol. The highest BCUT2D eigenvalue weighted by Crippen LogP contribution is 2.43. The van der Waals surface area contributed by atoms with Crippen molar-refractivity contribution >= 4 is 34.9 Å². The molecule has 0 bridgehead atoms. The van der Waals surface area contributed by atoms with Crippen LogP contribution in [0.4, 0.5) is 5.82 Å². The number of allylic oxidation sites excluding steroid dienone is 1. The van der Waals surface area contributed by atoms with Crippen molar-refractivity contribution in [3.05, 3.63) is 49.1 Å². The molecule has 1 aliphatic heterocycles. The molecule has 0 saturated heterocycles. The van der Waals surface area contributed by atoms with Gasteiger partial charge in [0.1, 0.15) is 5.82 Å². The third kappa shape index (κ3) is 3.82. The van der Waals surface area contributed by atoms with Gasteiger partial charge in [0.25, 0.3) is 5.56 Å². The molecule has 0 spiro atoms. The third-order valence-electron chi connectivity index (χ3n) is 4.32. The molecule has 8 heteroatoms. The molecule has 2 aromatic heterocycles. The van der Waals surface area contributed by atoms with Gasteiger partial charge >= 0.3 is 5.97 Å². The van der Waals surface area contributed by atoms with E-state index in [9.17, 15) is 9.59 Å². The zero-order chi connectivity index (χ0) is 19.6. The van der Waals surface area contributed by atoms with Gasteiger partial charge in [0.2, 0.25) is 0 Å². The molecule has 2 N–H and O–H groups in total. The van der Waals surface area contributed by atoms with Crippen LogP contribution in [-0.4, -0.2) is 28.3 Å². The van der Waals surface area contributed by atoms with E-state index in [4.69, 9.17) is 4.74 Å². The maximum atomic E-state index is 13.0. The number of thiophene rings is 1. The molecule has 0 aromatic carbocycles. The number of carbonyl (C=O) groups is 1. The summed E-state index contributed by atoms with van der Waals surface area (Å²) in [6, 6.07) is 1.99. The Morgan fingerprint density at radius 1 is 1.37 bits per heavy atom. The maximum absolute atomic E-state index is 13.0. The Morgan fingerprint density at radius 2 is 2.15 bits per heavy atom. The van der Waals surface area contributed by atoms with Crippen LogP contribution >= 0.6 is 23.1 Å². The maximum Gasteiger partial charge on any atom is 0.336 e. The number of rotatable bonds is 6. The highest BCUT2D eigenvalue weighted by molar-refractivity contribution is 7.99. The fraction of sp³-hybridized carbons (Fsp3) is 0.421. The number of aromatic amines is 1. The van der Waals surface area contributed by atoms with E-state index < -0.39 is 11.9 Å². The molecule has 1 atom stereocenters. The van der Waals surface area contributed by atoms with Crippen molar-refractivity contribution in [1.82, 2.24) is 9.97 Å². The molecule has 0 amide bonds. The molecule has 144 valence electrons. The number of nitrogens with zero attached hydrogens (tertiary/aromatic N) is 1. The number of carbonyl (C=O) groups excluding carboxylic acids is 1. The summed E-state index contributed by atoms with van der Waals surface area (Å²) in [5, 5.41) is 5.71. The van der Waals surface area contributed by atoms with E-state index in [0.29, 0.717) is 27.8 Å². The van der Waals surface area contributed by atoms with Crippen molar-refractivity contribution in [1.29, 1.82) is 0 Å². The lowest BCUT2D eigenvalue weighted by Gasteiger charge is -2.28. The van der Waals surface area contributed by atoms with Crippen LogP contribution in [0, 0.1) is 6.92 Å². The highest BCUT2D eigenvalue weighted by atomic mass is 32.2. The van der Waals surface area contributed by atoms with E-state index in [1.807, 2.05) is 25.3 Å². The number of aryl methyl sites for hydroxylation is 1. The fourth-order valence-electron chi connectivity index (χ4n) is 3.12. The Labute approximate surface area is 166 Å². The number of aromatic nitrogens is 2. The molecule has 0 unspecified atom stereocenters. The monoisotopic (exact) mass is 405 g/mol. The lowest BCUT2D eigenvalue weighted by Crippen LogP contribution is -2.31. The van der Waals surface area contributed by atoms with E-state index in [1.165, 1.54) is 23.1 Å². The summed E-state index contributed by atoms with van der Waals surface area (Å²) in [6.45, 7) is 7.94. The topological polar surface area (TPSA) is 84.1 Å². The summed E-state index contributed by atoms with van der Waals surface area (Å²) >= 11 is 3.05. The number of H-pyrrole nitrogens is 1. The second-order valence-corrected chi connectivity index (χ2v) is 8.30. The smallest absolute Gasteiger partial charge is 0.336 e. The largest absolute Gasteiger partial charge is 0.463 e. The van der Waals surface area contributed by atoms with Gasteiger partial charge in [0.05, 0.1) is 23.7 Å². The third-order valence-corrected chi connectivity index (χ3v) is 6.49. The van der Waals surface area contributed by atoms with Gasteiger partial charge in [-0.1, -0.05) is 18.7 Å². The van der Waals surface area contributed by atoms with Gasteiger partial charge in [-0.05, 0) is 44.2 Å². The summed E-state index contributed by atoms with van der Waals surface area (Å²) in [5.41, 5.74) is 2.42. The second-order valence-electron chi connectivity index (χ2n) is 6.27. The van der Waals surface area contributed by atoms with Crippen LogP contribution in [0.15, 0.2) is 32.7 Å². The van der Waals surface area contributed by atoms with Crippen molar-refractivity contribution in [3.63, 3.8) is 0 Å². The SMILES string of the molecule is CCCSc1nc2c(c(=O)[nH]1)[C@H](c1sccc1C)C(C(=O)OCC)=C(C)N2. The van der Waals surface area contributed by atoms with Crippen molar-refractivity contribution in [2.45, 2.75) is 45.2 Å². The molecule has 6 nitrogen and oxygen atoms in total. The number of thioether (sulfide) groups is 1. The normalized spacial score (nSPS) is 16.1. The summed E-state index contributed by atoms with van der Waals surface area (Å²) in [6.07, 6.45) is 0.988. The Hall–Kier alpha value is -2.06. The average molecular weight is 406 g/mol. The number of ether oxygens (including phenoxy) is 1. The molecule has 3 heterocycles. The van der Waals surface area contributed by atoms with Crippen LogP contribution in [-0.2, 0) is 9.53 Å². The quantitative estimate of drug-likeness (QED) is 0.429. The van der Waals surface area contributed by atoms with Gasteiger partial charge in [-0.3, -0.25) is 4.79 Å². The first kappa shape index (κ1) is 19.7. The summed E-state index contributed by atoms with van der Waals surface area (Å²) < 4.78 is 5.28. The van der Waals surface area contributed by atoms with Crippen LogP contribution in [0.3, 0.4) is 0 Å². The number of anilines is 1. The van der Waals surface area contributed by atoms with Gasteiger partial charge in [-0.2, -0.15) is 0 Å². The standard InChI is InChI=1S/C19H23N3O3S2/c1-5-8-27-19-21-16-14(17(23)22-19)13(15-10(3)7-9-26-15)12(11(4)20-16)18(24)25-6-2/h7,9,13H,5-6,8H2,1-4H3,(H2,20,21,22,23)/t13-/m1/s1. The second kappa shape index (κ2) is 8.31. The zero-order valence-electron chi connectivity index (χ0n) is 15.8. The van der Waals surface area contributed by atoms with Gasteiger partial charge in [-0.25, -0.2) is 9.78 Å². The number of hydrogen-bond acceptors (Lipinski definition) is 7. The Bertz CT molecular complexity index is 946. The van der Waals surface area contributed by atoms with E-state index in [2.05, 4.69) is 22.2 Å². The van der Waals surface area contributed by atoms with Gasteiger partial charge in [-0.15, -0.1) is 11.3 Å². The Balaban J connectivity index is 2.18. The van der Waals surface area contributed by atoms with Crippen molar-refractivity contribution in [2.75, 3.05) is 17.7 Å². The van der Waals surface area contributed by atoms with E-state index in [1.54, 1.807) is 6.92 Å². The fourth-order valence-corrected chi connectivity index (χ4v) is 4.88. The van der Waals surface area contributed by atoms with Crippen LogP contribution < -0.4 is 10.9 Å². The summed E-state index contributed by atoms with van der Waals surface area (Å²) in [5.74, 6) is 0.496. The number of hydrogen-bond donors (Lipinski definition) is 2. The first-order chi connectivity index (χ1) is 13.0. The molecular formula is C19H23N3O3S2. The van der Waals surface area contributed by atoms with E-state index in [-0.39, 0.29) is 12.2 Å². The molecule has 2 aromatic rings. The molecule has 27 heavy (non-hydrogen) atoms. The molecule has 3 rings (SSSR count). The summed E-state index contributed by atoms with van der Waals surface area (Å²) in [7, 11) is 0. The van der Waals surface area contributed by atoms with Gasteiger partial charge < -0.3 is 15.0 Å². The predicted molar refractivity (Wildman–Crippen MR) is 110 cm³/mol. The highest BCUT2D eigenvalue weighted by Gasteiger charge is 2.37. The first-order valence-corrected chi connectivity index (χ1v) is 10.8. The van der Waals surface area contributed by atoms with E-state index in [0.717, 1.165) is 22.6 Å². The number of fused-ring (bicyclic) bond motifs is 1. The minimum Gasteiger partial charge on any atom is -0.463 e. The van der Waals surface area contributed by atoms with Crippen molar-refractivity contribution in [3.8, 4) is 0 Å². The first-order valence-electron chi connectivity index (χ1n) is 8.93. The Kier molecular flexibility index (Phi) is 6.06. The van der Waals surface area contributed by atoms with Crippen LogP contribution in [0.2, 0.25) is 0 Å². The van der Waals surface area contributed by atoms with E-state index >= 15 is 0 Å².